The Balaban J connectivity index is 1.62. The first-order valence-corrected chi connectivity index (χ1v) is 9.92. The number of fused-ring (bicyclic) bond motifs is 1. The average Bonchev–Trinajstić information content (AvgIpc) is 3.45. The minimum atomic E-state index is 0.194. The molecule has 0 saturated carbocycles. The molecule has 0 fully saturated rings. The maximum absolute atomic E-state index is 9.87. The Morgan fingerprint density at radius 2 is 1.84 bits per heavy atom. The van der Waals surface area contributed by atoms with E-state index >= 15 is 0 Å². The third-order valence-electron chi connectivity index (χ3n) is 4.98. The van der Waals surface area contributed by atoms with Gasteiger partial charge in [0.15, 0.2) is 11.5 Å². The van der Waals surface area contributed by atoms with E-state index in [1.54, 1.807) is 51.8 Å². The molecule has 0 atom stereocenters. The molecule has 0 saturated heterocycles. The molecule has 0 amide bonds. The number of hydrogen-bond acceptors (Lipinski definition) is 8. The molecular formula is C22H24N6O4. The SMILES string of the molecule is CCN(c1n[nH]c(N=Cc2cc(OC)c(OC)c(OC)c2)n1)c1c[nH]c2ccc(O)cc12. The monoisotopic (exact) mass is 436 g/mol. The third kappa shape index (κ3) is 3.89. The van der Waals surface area contributed by atoms with E-state index < -0.39 is 0 Å². The second-order valence-electron chi connectivity index (χ2n) is 6.82. The first kappa shape index (κ1) is 21.0. The van der Waals surface area contributed by atoms with Gasteiger partial charge in [-0.25, -0.2) is 10.1 Å². The lowest BCUT2D eigenvalue weighted by atomic mass is 10.2. The van der Waals surface area contributed by atoms with Crippen LogP contribution in [0.15, 0.2) is 41.5 Å². The van der Waals surface area contributed by atoms with E-state index in [1.807, 2.05) is 24.1 Å². The van der Waals surface area contributed by atoms with Crippen LogP contribution in [0.25, 0.3) is 10.9 Å². The number of benzene rings is 2. The average molecular weight is 436 g/mol. The summed E-state index contributed by atoms with van der Waals surface area (Å²) in [6.07, 6.45) is 3.50. The van der Waals surface area contributed by atoms with E-state index in [1.165, 1.54) is 0 Å². The predicted molar refractivity (Wildman–Crippen MR) is 122 cm³/mol. The minimum Gasteiger partial charge on any atom is -0.508 e. The highest BCUT2D eigenvalue weighted by Crippen LogP contribution is 2.38. The summed E-state index contributed by atoms with van der Waals surface area (Å²) in [7, 11) is 4.67. The van der Waals surface area contributed by atoms with E-state index in [0.29, 0.717) is 35.7 Å². The largest absolute Gasteiger partial charge is 0.508 e. The number of methoxy groups -OCH3 is 3. The third-order valence-corrected chi connectivity index (χ3v) is 4.98. The summed E-state index contributed by atoms with van der Waals surface area (Å²) >= 11 is 0. The zero-order valence-electron chi connectivity index (χ0n) is 18.2. The Morgan fingerprint density at radius 3 is 2.50 bits per heavy atom. The first-order valence-electron chi connectivity index (χ1n) is 9.92. The van der Waals surface area contributed by atoms with Gasteiger partial charge in [0.05, 0.1) is 27.0 Å². The van der Waals surface area contributed by atoms with Crippen molar-refractivity contribution in [3.05, 3.63) is 42.1 Å². The van der Waals surface area contributed by atoms with Crippen molar-refractivity contribution in [2.75, 3.05) is 32.8 Å². The van der Waals surface area contributed by atoms with Crippen LogP contribution in [0.2, 0.25) is 0 Å². The Labute approximate surface area is 184 Å². The van der Waals surface area contributed by atoms with Crippen molar-refractivity contribution in [2.24, 2.45) is 4.99 Å². The van der Waals surface area contributed by atoms with Gasteiger partial charge >= 0.3 is 0 Å². The number of H-pyrrole nitrogens is 2. The molecule has 10 nitrogen and oxygen atoms in total. The van der Waals surface area contributed by atoms with Crippen molar-refractivity contribution in [2.45, 2.75) is 6.92 Å². The van der Waals surface area contributed by atoms with Gasteiger partial charge in [-0.3, -0.25) is 0 Å². The van der Waals surface area contributed by atoms with Crippen molar-refractivity contribution in [1.29, 1.82) is 0 Å². The van der Waals surface area contributed by atoms with Crippen LogP contribution < -0.4 is 19.1 Å². The van der Waals surface area contributed by atoms with Crippen molar-refractivity contribution >= 4 is 34.7 Å². The highest BCUT2D eigenvalue weighted by Gasteiger charge is 2.17. The van der Waals surface area contributed by atoms with E-state index in [-0.39, 0.29) is 5.75 Å². The fraction of sp³-hybridized carbons (Fsp3) is 0.227. The molecule has 2 aromatic heterocycles. The quantitative estimate of drug-likeness (QED) is 0.358. The van der Waals surface area contributed by atoms with Crippen molar-refractivity contribution in [3.8, 4) is 23.0 Å². The normalized spacial score (nSPS) is 11.2. The van der Waals surface area contributed by atoms with Gasteiger partial charge in [-0.1, -0.05) is 0 Å². The topological polar surface area (TPSA) is 121 Å². The van der Waals surface area contributed by atoms with Crippen molar-refractivity contribution < 1.29 is 19.3 Å². The molecule has 0 aliphatic carbocycles. The highest BCUT2D eigenvalue weighted by atomic mass is 16.5. The van der Waals surface area contributed by atoms with E-state index in [4.69, 9.17) is 14.2 Å². The molecule has 0 unspecified atom stereocenters. The number of aromatic nitrogens is 4. The maximum Gasteiger partial charge on any atom is 0.250 e. The Bertz CT molecular complexity index is 1240. The van der Waals surface area contributed by atoms with Gasteiger partial charge in [0.25, 0.3) is 5.95 Å². The highest BCUT2D eigenvalue weighted by molar-refractivity contribution is 5.95. The summed E-state index contributed by atoms with van der Waals surface area (Å²) in [5.41, 5.74) is 2.52. The summed E-state index contributed by atoms with van der Waals surface area (Å²) in [6.45, 7) is 2.62. The molecule has 0 radical (unpaired) electrons. The summed E-state index contributed by atoms with van der Waals surface area (Å²) in [4.78, 5) is 14.0. The molecule has 4 aromatic rings. The van der Waals surface area contributed by atoms with Crippen LogP contribution in [0.5, 0.6) is 23.0 Å². The molecule has 0 spiro atoms. The van der Waals surface area contributed by atoms with Crippen molar-refractivity contribution in [3.63, 3.8) is 0 Å². The fourth-order valence-electron chi connectivity index (χ4n) is 3.47. The van der Waals surface area contributed by atoms with Crippen LogP contribution in [-0.4, -0.2) is 59.4 Å². The smallest absolute Gasteiger partial charge is 0.250 e. The van der Waals surface area contributed by atoms with Crippen LogP contribution in [0, 0.1) is 0 Å². The second-order valence-corrected chi connectivity index (χ2v) is 6.82. The molecule has 32 heavy (non-hydrogen) atoms. The van der Waals surface area contributed by atoms with Crippen LogP contribution in [0.1, 0.15) is 12.5 Å². The molecule has 10 heteroatoms. The molecule has 4 rings (SSSR count). The zero-order valence-corrected chi connectivity index (χ0v) is 18.2. The van der Waals surface area contributed by atoms with E-state index in [9.17, 15) is 5.11 Å². The number of phenols is 1. The number of nitrogens with zero attached hydrogens (tertiary/aromatic N) is 4. The lowest BCUT2D eigenvalue weighted by molar-refractivity contribution is 0.324. The fourth-order valence-corrected chi connectivity index (χ4v) is 3.47. The standard InChI is InChI=1S/C22H24N6O4/c1-5-28(17-12-23-16-7-6-14(29)10-15(16)17)22-25-21(26-27-22)24-11-13-8-18(30-2)20(32-4)19(9-13)31-3/h6-12,23,29H,5H2,1-4H3,(H,25,26,27). The van der Waals surface area contributed by atoms with Crippen LogP contribution in [0.3, 0.4) is 0 Å². The van der Waals surface area contributed by atoms with Gasteiger partial charge in [-0.2, -0.15) is 4.98 Å². The number of aromatic amines is 2. The second kappa shape index (κ2) is 8.88. The molecule has 3 N–H and O–H groups in total. The Kier molecular flexibility index (Phi) is 5.84. The Morgan fingerprint density at radius 1 is 1.09 bits per heavy atom. The number of nitrogens with one attached hydrogen (secondary N) is 2. The zero-order chi connectivity index (χ0) is 22.7. The molecule has 0 bridgehead atoms. The maximum atomic E-state index is 9.87. The molecule has 2 aromatic carbocycles. The Hall–Kier alpha value is -4.21. The molecule has 166 valence electrons. The summed E-state index contributed by atoms with van der Waals surface area (Å²) < 4.78 is 16.1. The van der Waals surface area contributed by atoms with Gasteiger partial charge in [0, 0.05) is 35.4 Å². The number of ether oxygens (including phenoxy) is 3. The summed E-state index contributed by atoms with van der Waals surface area (Å²) in [6, 6.07) is 8.76. The van der Waals surface area contributed by atoms with E-state index in [0.717, 1.165) is 22.2 Å². The van der Waals surface area contributed by atoms with Crippen LogP contribution >= 0.6 is 0 Å². The lowest BCUT2D eigenvalue weighted by Crippen LogP contribution is -2.17. The van der Waals surface area contributed by atoms with Crippen LogP contribution in [-0.2, 0) is 0 Å². The van der Waals surface area contributed by atoms with Gasteiger partial charge in [-0.15, -0.1) is 5.10 Å². The van der Waals surface area contributed by atoms with Crippen LogP contribution in [0.4, 0.5) is 17.6 Å². The molecule has 2 heterocycles. The molecule has 0 aliphatic heterocycles. The summed E-state index contributed by atoms with van der Waals surface area (Å²) in [5.74, 6) is 2.58. The van der Waals surface area contributed by atoms with Gasteiger partial charge < -0.3 is 29.2 Å². The number of aliphatic imine (C=N–C) groups is 1. The predicted octanol–water partition coefficient (Wildman–Crippen LogP) is 3.93. The lowest BCUT2D eigenvalue weighted by Gasteiger charge is -2.17. The summed E-state index contributed by atoms with van der Waals surface area (Å²) in [5, 5.41) is 17.9. The molecule has 0 aliphatic rings. The van der Waals surface area contributed by atoms with E-state index in [2.05, 4.69) is 25.2 Å². The van der Waals surface area contributed by atoms with Gasteiger partial charge in [-0.05, 0) is 37.3 Å². The number of aromatic hydroxyl groups is 1. The number of phenolic OH excluding ortho intramolecular Hbond substituents is 1. The first-order chi connectivity index (χ1) is 15.6. The minimum absolute atomic E-state index is 0.194. The van der Waals surface area contributed by atoms with Gasteiger partial charge in [0.2, 0.25) is 11.7 Å². The number of hydrogen-bond donors (Lipinski definition) is 3. The van der Waals surface area contributed by atoms with Gasteiger partial charge in [0.1, 0.15) is 5.75 Å². The molecular weight excluding hydrogens is 412 g/mol. The number of anilines is 2. The van der Waals surface area contributed by atoms with Crippen molar-refractivity contribution in [1.82, 2.24) is 20.2 Å². The number of rotatable bonds is 8.